The second-order valence-electron chi connectivity index (χ2n) is 14.0. The Bertz CT molecular complexity index is 2110. The molecule has 0 saturated carbocycles. The molecule has 2 aliphatic rings. The predicted octanol–water partition coefficient (Wildman–Crippen LogP) is 12.2. The van der Waals surface area contributed by atoms with Gasteiger partial charge < -0.3 is 0 Å². The third-order valence-corrected chi connectivity index (χ3v) is 40.2. The van der Waals surface area contributed by atoms with Gasteiger partial charge in [-0.05, 0) is 0 Å². The quantitative estimate of drug-likeness (QED) is 0.158. The minimum absolute atomic E-state index is 0.456. The van der Waals surface area contributed by atoms with Crippen LogP contribution in [0.15, 0.2) is 133 Å². The third-order valence-electron chi connectivity index (χ3n) is 11.5. The Morgan fingerprint density at radius 2 is 0.909 bits per heavy atom. The van der Waals surface area contributed by atoms with Crippen LogP contribution in [-0.4, -0.2) is 3.26 Å². The fourth-order valence-electron chi connectivity index (χ4n) is 8.25. The van der Waals surface area contributed by atoms with E-state index in [1.54, 1.807) is 3.26 Å². The number of benzene rings is 6. The van der Waals surface area contributed by atoms with Crippen molar-refractivity contribution >= 4 is 37.0 Å². The molecule has 0 aliphatic heterocycles. The maximum atomic E-state index is 2.73. The average molecular weight is 733 g/mol. The van der Waals surface area contributed by atoms with E-state index in [1.807, 2.05) is 0 Å². The summed E-state index contributed by atoms with van der Waals surface area (Å²) >= 11 is -3.93. The van der Waals surface area contributed by atoms with Crippen molar-refractivity contribution in [2.45, 2.75) is 30.6 Å². The van der Waals surface area contributed by atoms with E-state index in [9.17, 15) is 0 Å². The van der Waals surface area contributed by atoms with Crippen LogP contribution in [0.25, 0.3) is 56.0 Å². The number of rotatable bonds is 4. The van der Waals surface area contributed by atoms with Gasteiger partial charge in [0.05, 0.1) is 0 Å². The van der Waals surface area contributed by atoms with Crippen molar-refractivity contribution < 1.29 is 18.0 Å². The standard InChI is InChI=1S/2C19H13.C3H6.2CH3.Hf/c2*1-2-6-16-13-17(12-11-14(16)5-1)19-10-4-8-15-7-3-9-18(15)19;1-3-2;;;/h2*1-13H;1-2H3;2*1H3;. The van der Waals surface area contributed by atoms with E-state index in [0.717, 1.165) is 0 Å². The van der Waals surface area contributed by atoms with Gasteiger partial charge in [-0.1, -0.05) is 0 Å². The van der Waals surface area contributed by atoms with Gasteiger partial charge in [0.1, 0.15) is 0 Å². The first-order valence-electron chi connectivity index (χ1n) is 15.9. The Balaban J connectivity index is 1.25. The van der Waals surface area contributed by atoms with Crippen LogP contribution in [0, 0.1) is 0 Å². The normalized spacial score (nSPS) is 17.3. The molecule has 6 aromatic rings. The number of hydrogen-bond acceptors (Lipinski definition) is 0. The molecule has 2 unspecified atom stereocenters. The molecule has 8 rings (SSSR count). The Morgan fingerprint density at radius 3 is 1.34 bits per heavy atom. The second-order valence-corrected chi connectivity index (χ2v) is 40.8. The number of allylic oxidation sites excluding steroid dienone is 2. The first kappa shape index (κ1) is 27.6. The first-order valence-corrected chi connectivity index (χ1v) is 29.1. The van der Waals surface area contributed by atoms with Crippen LogP contribution in [0.5, 0.6) is 0 Å². The average Bonchev–Trinajstić information content (AvgIpc) is 3.70. The van der Waals surface area contributed by atoms with Crippen LogP contribution in [0.3, 0.4) is 0 Å². The van der Waals surface area contributed by atoms with Gasteiger partial charge in [0, 0.05) is 0 Å². The van der Waals surface area contributed by atoms with Crippen LogP contribution in [0.2, 0.25) is 9.36 Å². The van der Waals surface area contributed by atoms with Crippen LogP contribution >= 0.6 is 0 Å². The van der Waals surface area contributed by atoms with E-state index in [2.05, 4.69) is 169 Å². The number of fused-ring (bicyclic) bond motifs is 4. The van der Waals surface area contributed by atoms with Crippen LogP contribution < -0.4 is 0 Å². The van der Waals surface area contributed by atoms with Crippen molar-refractivity contribution in [2.75, 3.05) is 0 Å². The fraction of sp³-hybridized carbons (Fsp3) is 0.140. The van der Waals surface area contributed by atoms with Crippen molar-refractivity contribution in [3.8, 4) is 22.3 Å². The zero-order valence-electron chi connectivity index (χ0n) is 26.0. The zero-order chi connectivity index (χ0) is 30.1. The van der Waals surface area contributed by atoms with Crippen LogP contribution in [0.1, 0.15) is 43.5 Å². The summed E-state index contributed by atoms with van der Waals surface area (Å²) in [5.74, 6) is 0. The molecule has 0 fully saturated rings. The molecule has 0 saturated heterocycles. The Hall–Kier alpha value is -3.94. The van der Waals surface area contributed by atoms with Crippen molar-refractivity contribution in [3.05, 3.63) is 156 Å². The summed E-state index contributed by atoms with van der Waals surface area (Å²) in [5, 5.41) is 5.18. The Kier molecular flexibility index (Phi) is 6.30. The summed E-state index contributed by atoms with van der Waals surface area (Å²) < 4.78 is 8.03. The van der Waals surface area contributed by atoms with E-state index < -0.39 is 18.0 Å². The summed E-state index contributed by atoms with van der Waals surface area (Å²) in [7, 11) is 0. The molecule has 0 heterocycles. The van der Waals surface area contributed by atoms with Crippen LogP contribution in [0.4, 0.5) is 0 Å². The zero-order valence-corrected chi connectivity index (χ0v) is 29.6. The van der Waals surface area contributed by atoms with Gasteiger partial charge in [0.25, 0.3) is 0 Å². The molecule has 0 amide bonds. The molecule has 0 N–H and O–H groups in total. The molecule has 0 radical (unpaired) electrons. The maximum absolute atomic E-state index is 3.93. The topological polar surface area (TPSA) is 0 Å². The van der Waals surface area contributed by atoms with Crippen molar-refractivity contribution in [1.29, 1.82) is 0 Å². The molecule has 1 heteroatoms. The summed E-state index contributed by atoms with van der Waals surface area (Å²) in [6.45, 7) is 4.88. The van der Waals surface area contributed by atoms with Crippen molar-refractivity contribution in [2.24, 2.45) is 0 Å². The van der Waals surface area contributed by atoms with Gasteiger partial charge in [0.15, 0.2) is 0 Å². The Labute approximate surface area is 262 Å². The van der Waals surface area contributed by atoms with Gasteiger partial charge >= 0.3 is 264 Å². The second kappa shape index (κ2) is 10.0. The van der Waals surface area contributed by atoms with Crippen molar-refractivity contribution in [1.82, 2.24) is 0 Å². The van der Waals surface area contributed by atoms with E-state index >= 15 is 0 Å². The predicted molar refractivity (Wildman–Crippen MR) is 190 cm³/mol. The first-order chi connectivity index (χ1) is 21.3. The summed E-state index contributed by atoms with van der Waals surface area (Å²) in [4.78, 5) is 0. The van der Waals surface area contributed by atoms with Gasteiger partial charge in [-0.3, -0.25) is 0 Å². The van der Waals surface area contributed by atoms with Gasteiger partial charge in [-0.25, -0.2) is 0 Å². The summed E-state index contributed by atoms with van der Waals surface area (Å²) in [6, 6.07) is 45.3. The molecule has 0 bridgehead atoms. The van der Waals surface area contributed by atoms with Crippen molar-refractivity contribution in [3.63, 3.8) is 0 Å². The molecule has 6 aromatic carbocycles. The van der Waals surface area contributed by atoms with E-state index in [-0.39, 0.29) is 0 Å². The summed E-state index contributed by atoms with van der Waals surface area (Å²) in [5.41, 5.74) is 11.2. The molecule has 2 atom stereocenters. The molecular weight excluding hydrogens is 695 g/mol. The van der Waals surface area contributed by atoms with Gasteiger partial charge in [0.2, 0.25) is 0 Å². The van der Waals surface area contributed by atoms with E-state index in [1.165, 1.54) is 66.1 Å². The van der Waals surface area contributed by atoms with Crippen LogP contribution in [-0.2, 0) is 18.0 Å². The summed E-state index contributed by atoms with van der Waals surface area (Å²) in [6.07, 6.45) is 10.1. The molecule has 0 aromatic heterocycles. The van der Waals surface area contributed by atoms with E-state index in [0.29, 0.717) is 7.35 Å². The van der Waals surface area contributed by atoms with Gasteiger partial charge in [-0.2, -0.15) is 0 Å². The molecule has 214 valence electrons. The Morgan fingerprint density at radius 1 is 0.477 bits per heavy atom. The SMILES string of the molecule is C[C](C)=[Hf]([CH3])([CH3])([CH]1C=Cc2c(-c3ccc4ccccc4c3)cccc21)[CH]1C=Cc2c(-c3ccc4ccccc4c3)cccc21. The fourth-order valence-corrected chi connectivity index (χ4v) is 27.7. The third kappa shape index (κ3) is 4.02. The molecule has 2 aliphatic carbocycles. The molecule has 0 spiro atoms. The van der Waals surface area contributed by atoms with Gasteiger partial charge in [-0.15, -0.1) is 0 Å². The number of hydrogen-bond donors (Lipinski definition) is 0. The molecule has 44 heavy (non-hydrogen) atoms. The monoisotopic (exact) mass is 734 g/mol. The molecule has 0 nitrogen and oxygen atoms in total. The van der Waals surface area contributed by atoms with E-state index in [4.69, 9.17) is 0 Å². The molecular formula is C43H38Hf. The minimum atomic E-state index is -3.93.